The van der Waals surface area contributed by atoms with Gasteiger partial charge < -0.3 is 9.36 Å². The van der Waals surface area contributed by atoms with Crippen LogP contribution in [0.1, 0.15) is 13.8 Å². The van der Waals surface area contributed by atoms with E-state index in [1.807, 2.05) is 42.7 Å². The molecule has 0 aliphatic rings. The van der Waals surface area contributed by atoms with Crippen molar-refractivity contribution < 1.29 is 4.79 Å². The molecule has 78 valence electrons. The lowest BCUT2D eigenvalue weighted by atomic mass is 9.96. The zero-order valence-electron chi connectivity index (χ0n) is 8.97. The second-order valence-electron chi connectivity index (χ2n) is 4.47. The zero-order valence-corrected chi connectivity index (χ0v) is 8.97. The van der Waals surface area contributed by atoms with Crippen molar-refractivity contribution in [2.24, 2.45) is 5.41 Å². The van der Waals surface area contributed by atoms with Crippen LogP contribution in [0.2, 0.25) is 0 Å². The SMILES string of the molecule is CC(C)(C=O)Cn1cnc2ccccc21. The molecule has 0 unspecified atom stereocenters. The lowest BCUT2D eigenvalue weighted by Gasteiger charge is -2.17. The molecule has 0 spiro atoms. The fourth-order valence-corrected chi connectivity index (χ4v) is 1.61. The molecule has 0 radical (unpaired) electrons. The summed E-state index contributed by atoms with van der Waals surface area (Å²) in [4.78, 5) is 15.1. The summed E-state index contributed by atoms with van der Waals surface area (Å²) in [5, 5.41) is 0. The number of nitrogens with zero attached hydrogens (tertiary/aromatic N) is 2. The van der Waals surface area contributed by atoms with E-state index < -0.39 is 0 Å². The van der Waals surface area contributed by atoms with Crippen LogP contribution < -0.4 is 0 Å². The molecule has 3 nitrogen and oxygen atoms in total. The minimum absolute atomic E-state index is 0.344. The van der Waals surface area contributed by atoms with Crippen molar-refractivity contribution in [2.45, 2.75) is 20.4 Å². The second-order valence-corrected chi connectivity index (χ2v) is 4.47. The number of aldehydes is 1. The monoisotopic (exact) mass is 202 g/mol. The molecule has 1 aromatic heterocycles. The molecule has 0 atom stereocenters. The fraction of sp³-hybridized carbons (Fsp3) is 0.333. The number of para-hydroxylation sites is 2. The van der Waals surface area contributed by atoms with E-state index in [1.165, 1.54) is 0 Å². The van der Waals surface area contributed by atoms with Gasteiger partial charge in [0.2, 0.25) is 0 Å². The molecule has 3 heteroatoms. The minimum Gasteiger partial charge on any atom is -0.330 e. The van der Waals surface area contributed by atoms with Gasteiger partial charge in [0.15, 0.2) is 0 Å². The molecule has 15 heavy (non-hydrogen) atoms. The number of rotatable bonds is 3. The topological polar surface area (TPSA) is 34.9 Å². The van der Waals surface area contributed by atoms with Crippen LogP contribution in [-0.4, -0.2) is 15.8 Å². The highest BCUT2D eigenvalue weighted by atomic mass is 16.1. The number of hydrogen-bond acceptors (Lipinski definition) is 2. The molecular formula is C12H14N2O. The Bertz CT molecular complexity index is 485. The summed E-state index contributed by atoms with van der Waals surface area (Å²) in [5.41, 5.74) is 1.70. The number of benzene rings is 1. The molecule has 0 aliphatic carbocycles. The number of fused-ring (bicyclic) bond motifs is 1. The highest BCUT2D eigenvalue weighted by molar-refractivity contribution is 5.75. The van der Waals surface area contributed by atoms with Crippen molar-refractivity contribution in [1.29, 1.82) is 0 Å². The van der Waals surface area contributed by atoms with Crippen molar-refractivity contribution in [3.8, 4) is 0 Å². The average molecular weight is 202 g/mol. The summed E-state index contributed by atoms with van der Waals surface area (Å²) in [6.07, 6.45) is 2.78. The summed E-state index contributed by atoms with van der Waals surface area (Å²) < 4.78 is 2.02. The van der Waals surface area contributed by atoms with E-state index >= 15 is 0 Å². The molecule has 0 aliphatic heterocycles. The van der Waals surface area contributed by atoms with E-state index in [0.717, 1.165) is 17.3 Å². The van der Waals surface area contributed by atoms with E-state index in [2.05, 4.69) is 4.98 Å². The largest absolute Gasteiger partial charge is 0.330 e. The van der Waals surface area contributed by atoms with Crippen molar-refractivity contribution in [1.82, 2.24) is 9.55 Å². The van der Waals surface area contributed by atoms with Gasteiger partial charge in [0.1, 0.15) is 6.29 Å². The van der Waals surface area contributed by atoms with Gasteiger partial charge in [-0.1, -0.05) is 26.0 Å². The highest BCUT2D eigenvalue weighted by Crippen LogP contribution is 2.19. The van der Waals surface area contributed by atoms with Gasteiger partial charge in [-0.2, -0.15) is 0 Å². The van der Waals surface area contributed by atoms with Gasteiger partial charge in [-0.3, -0.25) is 0 Å². The zero-order chi connectivity index (χ0) is 10.9. The molecule has 0 amide bonds. The van der Waals surface area contributed by atoms with Gasteiger partial charge in [-0.05, 0) is 12.1 Å². The van der Waals surface area contributed by atoms with E-state index in [-0.39, 0.29) is 5.41 Å². The summed E-state index contributed by atoms with van der Waals surface area (Å²) in [6, 6.07) is 7.93. The molecular weight excluding hydrogens is 188 g/mol. The fourth-order valence-electron chi connectivity index (χ4n) is 1.61. The Morgan fingerprint density at radius 3 is 2.87 bits per heavy atom. The third-order valence-electron chi connectivity index (χ3n) is 2.42. The molecule has 0 saturated carbocycles. The molecule has 1 heterocycles. The summed E-state index contributed by atoms with van der Waals surface area (Å²) in [7, 11) is 0. The van der Waals surface area contributed by atoms with Gasteiger partial charge in [-0.15, -0.1) is 0 Å². The second kappa shape index (κ2) is 3.50. The number of hydrogen-bond donors (Lipinski definition) is 0. The number of carbonyl (C=O) groups is 1. The van der Waals surface area contributed by atoms with Crippen molar-refractivity contribution in [3.63, 3.8) is 0 Å². The predicted molar refractivity (Wildman–Crippen MR) is 59.6 cm³/mol. The van der Waals surface area contributed by atoms with Crippen molar-refractivity contribution in [3.05, 3.63) is 30.6 Å². The van der Waals surface area contributed by atoms with Gasteiger partial charge >= 0.3 is 0 Å². The van der Waals surface area contributed by atoms with Crippen LogP contribution in [0.15, 0.2) is 30.6 Å². The maximum Gasteiger partial charge on any atom is 0.127 e. The van der Waals surface area contributed by atoms with Crippen LogP contribution in [0.4, 0.5) is 0 Å². The van der Waals surface area contributed by atoms with Crippen LogP contribution in [0, 0.1) is 5.41 Å². The third-order valence-corrected chi connectivity index (χ3v) is 2.42. The first-order chi connectivity index (χ1) is 7.12. The van der Waals surface area contributed by atoms with Crippen LogP contribution in [0.3, 0.4) is 0 Å². The first-order valence-electron chi connectivity index (χ1n) is 4.99. The smallest absolute Gasteiger partial charge is 0.127 e. The normalized spacial score (nSPS) is 11.9. The Kier molecular flexibility index (Phi) is 2.31. The molecule has 2 aromatic rings. The van der Waals surface area contributed by atoms with Crippen LogP contribution >= 0.6 is 0 Å². The Morgan fingerprint density at radius 2 is 2.13 bits per heavy atom. The van der Waals surface area contributed by atoms with Crippen molar-refractivity contribution in [2.75, 3.05) is 0 Å². The summed E-state index contributed by atoms with van der Waals surface area (Å²) in [6.45, 7) is 4.51. The number of carbonyl (C=O) groups excluding carboxylic acids is 1. The molecule has 0 saturated heterocycles. The maximum absolute atomic E-state index is 10.9. The van der Waals surface area contributed by atoms with Crippen molar-refractivity contribution >= 4 is 17.3 Å². The standard InChI is InChI=1S/C12H14N2O/c1-12(2,8-15)7-14-9-13-10-5-3-4-6-11(10)14/h3-6,8-9H,7H2,1-2H3. The van der Waals surface area contributed by atoms with E-state index in [4.69, 9.17) is 0 Å². The Labute approximate surface area is 88.7 Å². The number of aromatic nitrogens is 2. The van der Waals surface area contributed by atoms with Gasteiger partial charge in [-0.25, -0.2) is 4.98 Å². The van der Waals surface area contributed by atoms with E-state index in [1.54, 1.807) is 6.33 Å². The lowest BCUT2D eigenvalue weighted by molar-refractivity contribution is -0.115. The van der Waals surface area contributed by atoms with Crippen LogP contribution in [-0.2, 0) is 11.3 Å². The van der Waals surface area contributed by atoms with E-state index in [0.29, 0.717) is 6.54 Å². The molecule has 2 rings (SSSR count). The molecule has 0 fully saturated rings. The Balaban J connectivity index is 2.41. The maximum atomic E-state index is 10.9. The summed E-state index contributed by atoms with van der Waals surface area (Å²) >= 11 is 0. The first-order valence-corrected chi connectivity index (χ1v) is 4.99. The minimum atomic E-state index is -0.344. The Hall–Kier alpha value is -1.64. The van der Waals surface area contributed by atoms with Crippen LogP contribution in [0.5, 0.6) is 0 Å². The van der Waals surface area contributed by atoms with Gasteiger partial charge in [0.25, 0.3) is 0 Å². The lowest BCUT2D eigenvalue weighted by Crippen LogP contribution is -2.20. The first kappa shape index (κ1) is 9.90. The Morgan fingerprint density at radius 1 is 1.40 bits per heavy atom. The molecule has 1 aromatic carbocycles. The quantitative estimate of drug-likeness (QED) is 0.715. The molecule has 0 N–H and O–H groups in total. The molecule has 0 bridgehead atoms. The summed E-state index contributed by atoms with van der Waals surface area (Å²) in [5.74, 6) is 0. The third kappa shape index (κ3) is 1.91. The number of imidazole rings is 1. The van der Waals surface area contributed by atoms with Crippen LogP contribution in [0.25, 0.3) is 11.0 Å². The predicted octanol–water partition coefficient (Wildman–Crippen LogP) is 2.26. The van der Waals surface area contributed by atoms with E-state index in [9.17, 15) is 4.79 Å². The van der Waals surface area contributed by atoms with Gasteiger partial charge in [0, 0.05) is 12.0 Å². The van der Waals surface area contributed by atoms with Gasteiger partial charge in [0.05, 0.1) is 17.4 Å². The average Bonchev–Trinajstić information content (AvgIpc) is 2.62. The highest BCUT2D eigenvalue weighted by Gasteiger charge is 2.18.